The van der Waals surface area contributed by atoms with Crippen LogP contribution in [0.25, 0.3) is 0 Å². The SMILES string of the molecule is CCc1ccc(C(=O)[C@@H](C)OC(=O)c2ccc(CNC(N)=O)cc2)cc1. The maximum atomic E-state index is 12.4. The molecule has 136 valence electrons. The molecular weight excluding hydrogens is 332 g/mol. The minimum atomic E-state index is -0.883. The number of amides is 2. The zero-order valence-corrected chi connectivity index (χ0v) is 14.8. The van der Waals surface area contributed by atoms with Crippen LogP contribution in [0.1, 0.15) is 45.7 Å². The molecule has 6 heteroatoms. The van der Waals surface area contributed by atoms with E-state index in [1.807, 2.05) is 19.1 Å². The van der Waals surface area contributed by atoms with Gasteiger partial charge < -0.3 is 15.8 Å². The summed E-state index contributed by atoms with van der Waals surface area (Å²) in [5.41, 5.74) is 7.78. The van der Waals surface area contributed by atoms with Gasteiger partial charge in [0, 0.05) is 12.1 Å². The molecule has 0 fully saturated rings. The van der Waals surface area contributed by atoms with Crippen LogP contribution >= 0.6 is 0 Å². The highest BCUT2D eigenvalue weighted by atomic mass is 16.5. The summed E-state index contributed by atoms with van der Waals surface area (Å²) in [4.78, 5) is 35.3. The number of ether oxygens (including phenoxy) is 1. The second-order valence-corrected chi connectivity index (χ2v) is 5.88. The summed E-state index contributed by atoms with van der Waals surface area (Å²) in [6.07, 6.45) is 0.00966. The minimum absolute atomic E-state index is 0.247. The smallest absolute Gasteiger partial charge is 0.338 e. The number of aryl methyl sites for hydroxylation is 1. The van der Waals surface area contributed by atoms with Crippen molar-refractivity contribution in [3.63, 3.8) is 0 Å². The molecule has 0 spiro atoms. The van der Waals surface area contributed by atoms with E-state index in [1.165, 1.54) is 0 Å². The summed E-state index contributed by atoms with van der Waals surface area (Å²) in [5, 5.41) is 2.46. The monoisotopic (exact) mass is 354 g/mol. The van der Waals surface area contributed by atoms with E-state index < -0.39 is 18.1 Å². The van der Waals surface area contributed by atoms with Crippen molar-refractivity contribution in [1.29, 1.82) is 0 Å². The first-order valence-corrected chi connectivity index (χ1v) is 8.37. The van der Waals surface area contributed by atoms with Crippen molar-refractivity contribution >= 4 is 17.8 Å². The Morgan fingerprint density at radius 1 is 0.962 bits per heavy atom. The molecule has 2 aromatic rings. The van der Waals surface area contributed by atoms with E-state index in [1.54, 1.807) is 43.3 Å². The third kappa shape index (κ3) is 5.17. The molecule has 2 aromatic carbocycles. The summed E-state index contributed by atoms with van der Waals surface area (Å²) in [5.74, 6) is -0.825. The number of nitrogens with one attached hydrogen (secondary N) is 1. The third-order valence-electron chi connectivity index (χ3n) is 3.96. The molecule has 26 heavy (non-hydrogen) atoms. The lowest BCUT2D eigenvalue weighted by Gasteiger charge is -2.13. The van der Waals surface area contributed by atoms with Crippen molar-refractivity contribution in [3.05, 3.63) is 70.8 Å². The summed E-state index contributed by atoms with van der Waals surface area (Å²) in [7, 11) is 0. The van der Waals surface area contributed by atoms with Crippen molar-refractivity contribution in [2.24, 2.45) is 5.73 Å². The van der Waals surface area contributed by atoms with Crippen LogP contribution in [0.15, 0.2) is 48.5 Å². The third-order valence-corrected chi connectivity index (χ3v) is 3.96. The van der Waals surface area contributed by atoms with Gasteiger partial charge in [-0.1, -0.05) is 43.3 Å². The summed E-state index contributed by atoms with van der Waals surface area (Å²) < 4.78 is 5.27. The second kappa shape index (κ2) is 8.80. The molecule has 0 saturated heterocycles. The highest BCUT2D eigenvalue weighted by molar-refractivity contribution is 6.01. The number of benzene rings is 2. The molecule has 6 nitrogen and oxygen atoms in total. The van der Waals surface area contributed by atoms with Crippen LogP contribution < -0.4 is 11.1 Å². The zero-order chi connectivity index (χ0) is 19.1. The number of urea groups is 1. The van der Waals surface area contributed by atoms with Crippen LogP contribution in [-0.4, -0.2) is 23.9 Å². The van der Waals surface area contributed by atoms with Gasteiger partial charge >= 0.3 is 12.0 Å². The molecule has 1 atom stereocenters. The Bertz CT molecular complexity index is 782. The molecule has 0 aliphatic rings. The van der Waals surface area contributed by atoms with Crippen molar-refractivity contribution in [1.82, 2.24) is 5.32 Å². The molecule has 0 saturated carbocycles. The normalized spacial score (nSPS) is 11.5. The predicted molar refractivity (Wildman–Crippen MR) is 97.9 cm³/mol. The maximum absolute atomic E-state index is 12.4. The molecular formula is C20H22N2O4. The van der Waals surface area contributed by atoms with E-state index in [0.717, 1.165) is 17.5 Å². The van der Waals surface area contributed by atoms with Gasteiger partial charge in [-0.25, -0.2) is 9.59 Å². The fourth-order valence-corrected chi connectivity index (χ4v) is 2.37. The van der Waals surface area contributed by atoms with E-state index >= 15 is 0 Å². The number of rotatable bonds is 7. The van der Waals surface area contributed by atoms with E-state index in [9.17, 15) is 14.4 Å². The predicted octanol–water partition coefficient (Wildman–Crippen LogP) is 2.85. The Labute approximate surface area is 152 Å². The molecule has 0 heterocycles. The van der Waals surface area contributed by atoms with Gasteiger partial charge in [-0.05, 0) is 36.6 Å². The van der Waals surface area contributed by atoms with Crippen molar-refractivity contribution < 1.29 is 19.1 Å². The quantitative estimate of drug-likeness (QED) is 0.590. The Hall–Kier alpha value is -3.15. The van der Waals surface area contributed by atoms with Crippen LogP contribution in [0, 0.1) is 0 Å². The molecule has 0 bridgehead atoms. The number of hydrogen-bond acceptors (Lipinski definition) is 4. The van der Waals surface area contributed by atoms with Crippen molar-refractivity contribution in [2.75, 3.05) is 0 Å². The molecule has 0 radical (unpaired) electrons. The molecule has 0 aromatic heterocycles. The molecule has 0 aliphatic heterocycles. The highest BCUT2D eigenvalue weighted by Crippen LogP contribution is 2.12. The largest absolute Gasteiger partial charge is 0.451 e. The molecule has 3 N–H and O–H groups in total. The van der Waals surface area contributed by atoms with E-state index in [2.05, 4.69) is 5.32 Å². The Kier molecular flexibility index (Phi) is 6.49. The molecule has 0 aliphatic carbocycles. The lowest BCUT2D eigenvalue weighted by atomic mass is 10.0. The maximum Gasteiger partial charge on any atom is 0.338 e. The number of esters is 1. The molecule has 2 rings (SSSR count). The number of carbonyl (C=O) groups excluding carboxylic acids is 3. The lowest BCUT2D eigenvalue weighted by molar-refractivity contribution is 0.0319. The fraction of sp³-hybridized carbons (Fsp3) is 0.250. The van der Waals surface area contributed by atoms with Gasteiger partial charge in [-0.2, -0.15) is 0 Å². The lowest BCUT2D eigenvalue weighted by Crippen LogP contribution is -2.28. The molecule has 0 unspecified atom stereocenters. The van der Waals surface area contributed by atoms with Gasteiger partial charge in [-0.3, -0.25) is 4.79 Å². The fourth-order valence-electron chi connectivity index (χ4n) is 2.37. The number of carbonyl (C=O) groups is 3. The Morgan fingerprint density at radius 2 is 1.50 bits per heavy atom. The van der Waals surface area contributed by atoms with Crippen LogP contribution in [0.3, 0.4) is 0 Å². The number of primary amides is 1. The Morgan fingerprint density at radius 3 is 2.04 bits per heavy atom. The average Bonchev–Trinajstić information content (AvgIpc) is 2.66. The topological polar surface area (TPSA) is 98.5 Å². The van der Waals surface area contributed by atoms with Gasteiger partial charge in [0.25, 0.3) is 0 Å². The Balaban J connectivity index is 1.96. The molecule has 2 amide bonds. The van der Waals surface area contributed by atoms with E-state index in [4.69, 9.17) is 10.5 Å². The standard InChI is InChI=1S/C20H22N2O4/c1-3-14-4-8-16(9-5-14)18(23)13(2)26-19(24)17-10-6-15(7-11-17)12-22-20(21)25/h4-11,13H,3,12H2,1-2H3,(H3,21,22,25)/t13-/m1/s1. The van der Waals surface area contributed by atoms with Gasteiger partial charge in [0.1, 0.15) is 0 Å². The first-order valence-electron chi connectivity index (χ1n) is 8.37. The summed E-state index contributed by atoms with van der Waals surface area (Å²) in [6.45, 7) is 3.86. The van der Waals surface area contributed by atoms with Crippen molar-refractivity contribution in [3.8, 4) is 0 Å². The zero-order valence-electron chi connectivity index (χ0n) is 14.8. The van der Waals surface area contributed by atoms with Gasteiger partial charge in [0.05, 0.1) is 5.56 Å². The number of nitrogens with two attached hydrogens (primary N) is 1. The van der Waals surface area contributed by atoms with Gasteiger partial charge in [-0.15, -0.1) is 0 Å². The number of ketones is 1. The van der Waals surface area contributed by atoms with Crippen LogP contribution in [-0.2, 0) is 17.7 Å². The van der Waals surface area contributed by atoms with Crippen LogP contribution in [0.4, 0.5) is 4.79 Å². The highest BCUT2D eigenvalue weighted by Gasteiger charge is 2.20. The van der Waals surface area contributed by atoms with Crippen molar-refractivity contribution in [2.45, 2.75) is 32.9 Å². The van der Waals surface area contributed by atoms with E-state index in [-0.39, 0.29) is 12.3 Å². The second-order valence-electron chi connectivity index (χ2n) is 5.88. The van der Waals surface area contributed by atoms with Gasteiger partial charge in [0.15, 0.2) is 6.10 Å². The summed E-state index contributed by atoms with van der Waals surface area (Å²) >= 11 is 0. The van der Waals surface area contributed by atoms with Gasteiger partial charge in [0.2, 0.25) is 5.78 Å². The summed E-state index contributed by atoms with van der Waals surface area (Å²) in [6, 6.07) is 13.2. The van der Waals surface area contributed by atoms with Crippen LogP contribution in [0.5, 0.6) is 0 Å². The first-order chi connectivity index (χ1) is 12.4. The number of Topliss-reactive ketones (excluding diaryl/α,β-unsaturated/α-hetero) is 1. The minimum Gasteiger partial charge on any atom is -0.451 e. The average molecular weight is 354 g/mol. The van der Waals surface area contributed by atoms with E-state index in [0.29, 0.717) is 11.1 Å². The van der Waals surface area contributed by atoms with Crippen LogP contribution in [0.2, 0.25) is 0 Å². The first kappa shape index (κ1) is 19.2. The number of hydrogen-bond donors (Lipinski definition) is 2.